The fourth-order valence-corrected chi connectivity index (χ4v) is 2.47. The van der Waals surface area contributed by atoms with E-state index >= 15 is 0 Å². The van der Waals surface area contributed by atoms with Crippen LogP contribution in [-0.2, 0) is 4.74 Å². The van der Waals surface area contributed by atoms with Crippen LogP contribution in [0.3, 0.4) is 0 Å². The number of morpholine rings is 1. The Balaban J connectivity index is 1.57. The summed E-state index contributed by atoms with van der Waals surface area (Å²) in [6, 6.07) is 0. The monoisotopic (exact) mass is 272 g/mol. The van der Waals surface area contributed by atoms with Gasteiger partial charge in [-0.05, 0) is 19.4 Å². The SMILES string of the molecule is Cc1cnc(NC2=CCC([C@H]3CNCCO3)C=C2)cn1. The summed E-state index contributed by atoms with van der Waals surface area (Å²) in [6.07, 6.45) is 11.3. The van der Waals surface area contributed by atoms with Gasteiger partial charge >= 0.3 is 0 Å². The summed E-state index contributed by atoms with van der Waals surface area (Å²) >= 11 is 0. The first-order valence-corrected chi connectivity index (χ1v) is 7.07. The van der Waals surface area contributed by atoms with Crippen LogP contribution < -0.4 is 10.6 Å². The van der Waals surface area contributed by atoms with Crippen LogP contribution in [0.1, 0.15) is 12.1 Å². The van der Waals surface area contributed by atoms with Gasteiger partial charge in [0.2, 0.25) is 0 Å². The van der Waals surface area contributed by atoms with E-state index in [-0.39, 0.29) is 6.10 Å². The van der Waals surface area contributed by atoms with Crippen molar-refractivity contribution < 1.29 is 4.74 Å². The van der Waals surface area contributed by atoms with Crippen molar-refractivity contribution in [2.75, 3.05) is 25.0 Å². The Hall–Kier alpha value is -1.72. The minimum atomic E-state index is 0.289. The lowest BCUT2D eigenvalue weighted by Gasteiger charge is -2.30. The summed E-state index contributed by atoms with van der Waals surface area (Å²) in [4.78, 5) is 8.53. The maximum absolute atomic E-state index is 5.80. The first-order valence-electron chi connectivity index (χ1n) is 7.07. The molecular formula is C15H20N4O. The molecule has 0 amide bonds. The molecule has 1 aromatic heterocycles. The first kappa shape index (κ1) is 13.3. The van der Waals surface area contributed by atoms with Gasteiger partial charge in [-0.3, -0.25) is 4.98 Å². The van der Waals surface area contributed by atoms with Gasteiger partial charge in [-0.2, -0.15) is 0 Å². The van der Waals surface area contributed by atoms with Crippen molar-refractivity contribution in [1.29, 1.82) is 0 Å². The summed E-state index contributed by atoms with van der Waals surface area (Å²) in [5.41, 5.74) is 1.99. The number of rotatable bonds is 3. The molecule has 0 radical (unpaired) electrons. The number of anilines is 1. The van der Waals surface area contributed by atoms with E-state index in [1.165, 1.54) is 0 Å². The second kappa shape index (κ2) is 6.15. The number of nitrogens with one attached hydrogen (secondary N) is 2. The van der Waals surface area contributed by atoms with Crippen LogP contribution in [0.5, 0.6) is 0 Å². The van der Waals surface area contributed by atoms with Crippen molar-refractivity contribution in [3.05, 3.63) is 42.0 Å². The fourth-order valence-electron chi connectivity index (χ4n) is 2.47. The second-order valence-electron chi connectivity index (χ2n) is 5.20. The highest BCUT2D eigenvalue weighted by Crippen LogP contribution is 2.22. The molecule has 1 saturated heterocycles. The second-order valence-corrected chi connectivity index (χ2v) is 5.20. The van der Waals surface area contributed by atoms with E-state index in [1.54, 1.807) is 12.4 Å². The van der Waals surface area contributed by atoms with Gasteiger partial charge in [0.1, 0.15) is 5.82 Å². The predicted molar refractivity (Wildman–Crippen MR) is 78.3 cm³/mol. The highest BCUT2D eigenvalue weighted by molar-refractivity contribution is 5.44. The van der Waals surface area contributed by atoms with Gasteiger partial charge in [0.25, 0.3) is 0 Å². The van der Waals surface area contributed by atoms with Crippen LogP contribution in [0.4, 0.5) is 5.82 Å². The third kappa shape index (κ3) is 3.23. The average Bonchev–Trinajstić information content (AvgIpc) is 2.51. The Morgan fingerprint density at radius 2 is 2.30 bits per heavy atom. The van der Waals surface area contributed by atoms with Gasteiger partial charge in [-0.1, -0.05) is 12.2 Å². The molecule has 106 valence electrons. The van der Waals surface area contributed by atoms with Gasteiger partial charge in [0, 0.05) is 24.7 Å². The molecule has 1 fully saturated rings. The summed E-state index contributed by atoms with van der Waals surface area (Å²) in [7, 11) is 0. The fraction of sp³-hybridized carbons (Fsp3) is 0.467. The van der Waals surface area contributed by atoms with Crippen LogP contribution in [0.15, 0.2) is 36.3 Å². The third-order valence-electron chi connectivity index (χ3n) is 3.62. The third-order valence-corrected chi connectivity index (χ3v) is 3.62. The number of allylic oxidation sites excluding steroid dienone is 2. The minimum Gasteiger partial charge on any atom is -0.375 e. The first-order chi connectivity index (χ1) is 9.81. The van der Waals surface area contributed by atoms with Crippen molar-refractivity contribution in [1.82, 2.24) is 15.3 Å². The van der Waals surface area contributed by atoms with E-state index in [0.29, 0.717) is 5.92 Å². The number of aromatic nitrogens is 2. The Labute approximate surface area is 119 Å². The van der Waals surface area contributed by atoms with Crippen LogP contribution in [0.2, 0.25) is 0 Å². The van der Waals surface area contributed by atoms with Crippen LogP contribution in [0, 0.1) is 12.8 Å². The number of nitrogens with zero attached hydrogens (tertiary/aromatic N) is 2. The standard InChI is InChI=1S/C15H20N4O/c1-11-8-18-15(10-17-11)19-13-4-2-12(3-5-13)14-9-16-6-7-20-14/h2,4-5,8,10,12,14,16H,3,6-7,9H2,1H3,(H,18,19)/t12?,14-/m1/s1. The molecule has 20 heavy (non-hydrogen) atoms. The van der Waals surface area contributed by atoms with Crippen molar-refractivity contribution >= 4 is 5.82 Å². The lowest BCUT2D eigenvalue weighted by molar-refractivity contribution is 0.00355. The topological polar surface area (TPSA) is 59.1 Å². The zero-order valence-electron chi connectivity index (χ0n) is 11.7. The highest BCUT2D eigenvalue weighted by Gasteiger charge is 2.23. The normalized spacial score (nSPS) is 26.1. The van der Waals surface area contributed by atoms with Crippen molar-refractivity contribution in [2.45, 2.75) is 19.4 Å². The van der Waals surface area contributed by atoms with E-state index in [1.807, 2.05) is 6.92 Å². The van der Waals surface area contributed by atoms with Gasteiger partial charge in [0.15, 0.2) is 0 Å². The van der Waals surface area contributed by atoms with Gasteiger partial charge in [-0.15, -0.1) is 0 Å². The molecule has 1 aliphatic heterocycles. The Bertz CT molecular complexity index is 503. The molecular weight excluding hydrogens is 252 g/mol. The largest absolute Gasteiger partial charge is 0.375 e. The van der Waals surface area contributed by atoms with Crippen molar-refractivity contribution in [3.63, 3.8) is 0 Å². The highest BCUT2D eigenvalue weighted by atomic mass is 16.5. The quantitative estimate of drug-likeness (QED) is 0.876. The minimum absolute atomic E-state index is 0.289. The van der Waals surface area contributed by atoms with Crippen molar-refractivity contribution in [2.24, 2.45) is 5.92 Å². The summed E-state index contributed by atoms with van der Waals surface area (Å²) < 4.78 is 5.80. The molecule has 2 atom stereocenters. The number of ether oxygens (including phenoxy) is 1. The molecule has 0 saturated carbocycles. The molecule has 5 nitrogen and oxygen atoms in total. The van der Waals surface area contributed by atoms with E-state index < -0.39 is 0 Å². The molecule has 0 bridgehead atoms. The molecule has 1 unspecified atom stereocenters. The molecule has 3 rings (SSSR count). The lowest BCUT2D eigenvalue weighted by atomic mass is 9.93. The Morgan fingerprint density at radius 1 is 1.35 bits per heavy atom. The zero-order chi connectivity index (χ0) is 13.8. The van der Waals surface area contributed by atoms with Crippen LogP contribution >= 0.6 is 0 Å². The van der Waals surface area contributed by atoms with E-state index in [9.17, 15) is 0 Å². The summed E-state index contributed by atoms with van der Waals surface area (Å²) in [5, 5.41) is 6.65. The molecule has 0 spiro atoms. The molecule has 2 heterocycles. The predicted octanol–water partition coefficient (Wildman–Crippen LogP) is 1.65. The Kier molecular flexibility index (Phi) is 4.08. The summed E-state index contributed by atoms with van der Waals surface area (Å²) in [6.45, 7) is 4.64. The van der Waals surface area contributed by atoms with Crippen molar-refractivity contribution in [3.8, 4) is 0 Å². The zero-order valence-corrected chi connectivity index (χ0v) is 11.7. The smallest absolute Gasteiger partial charge is 0.148 e. The maximum atomic E-state index is 5.80. The number of aryl methyl sites for hydroxylation is 1. The van der Waals surface area contributed by atoms with Crippen LogP contribution in [0.25, 0.3) is 0 Å². The maximum Gasteiger partial charge on any atom is 0.148 e. The number of hydrogen-bond donors (Lipinski definition) is 2. The molecule has 2 aliphatic rings. The molecule has 1 aromatic rings. The van der Waals surface area contributed by atoms with Gasteiger partial charge in [-0.25, -0.2) is 4.98 Å². The van der Waals surface area contributed by atoms with E-state index in [0.717, 1.165) is 43.3 Å². The van der Waals surface area contributed by atoms with Crippen LogP contribution in [-0.4, -0.2) is 35.8 Å². The van der Waals surface area contributed by atoms with E-state index in [4.69, 9.17) is 4.74 Å². The van der Waals surface area contributed by atoms with E-state index in [2.05, 4.69) is 38.8 Å². The average molecular weight is 272 g/mol. The lowest BCUT2D eigenvalue weighted by Crippen LogP contribution is -2.42. The van der Waals surface area contributed by atoms with Gasteiger partial charge in [0.05, 0.1) is 30.8 Å². The Morgan fingerprint density at radius 3 is 2.95 bits per heavy atom. The molecule has 1 aliphatic carbocycles. The summed E-state index contributed by atoms with van der Waals surface area (Å²) in [5.74, 6) is 1.23. The molecule has 0 aromatic carbocycles. The van der Waals surface area contributed by atoms with Gasteiger partial charge < -0.3 is 15.4 Å². The molecule has 2 N–H and O–H groups in total. The number of hydrogen-bond acceptors (Lipinski definition) is 5. The molecule has 5 heteroatoms.